The van der Waals surface area contributed by atoms with Gasteiger partial charge in [-0.2, -0.15) is 0 Å². The van der Waals surface area contributed by atoms with Crippen molar-refractivity contribution in [1.29, 1.82) is 0 Å². The van der Waals surface area contributed by atoms with Crippen LogP contribution in [0.4, 0.5) is 0 Å². The van der Waals surface area contributed by atoms with E-state index >= 15 is 0 Å². The van der Waals surface area contributed by atoms with E-state index in [0.717, 1.165) is 12.8 Å². The van der Waals surface area contributed by atoms with Crippen LogP contribution in [0.1, 0.15) is 30.0 Å². The number of aryl methyl sites for hydroxylation is 1. The van der Waals surface area contributed by atoms with Crippen molar-refractivity contribution in [3.05, 3.63) is 108 Å². The largest absolute Gasteiger partial charge is 0.439 e. The van der Waals surface area contributed by atoms with E-state index in [-0.39, 0.29) is 5.91 Å². The highest BCUT2D eigenvalue weighted by atomic mass is 16.6. The average molecular weight is 387 g/mol. The molecule has 4 heteroatoms. The first kappa shape index (κ1) is 20.3. The molecule has 0 unspecified atom stereocenters. The van der Waals surface area contributed by atoms with Crippen LogP contribution in [0.25, 0.3) is 0 Å². The number of carbonyl (C=O) groups is 2. The number of amides is 1. The lowest BCUT2D eigenvalue weighted by Crippen LogP contribution is -2.48. The fourth-order valence-electron chi connectivity index (χ4n) is 3.42. The monoisotopic (exact) mass is 387 g/mol. The molecule has 3 rings (SSSR count). The number of ether oxygens (including phenoxy) is 1. The molecular formula is C25H25NO3. The summed E-state index contributed by atoms with van der Waals surface area (Å²) in [7, 11) is 0. The summed E-state index contributed by atoms with van der Waals surface area (Å²) in [6.07, 6.45) is 1.65. The minimum absolute atomic E-state index is 0.349. The Labute approximate surface area is 171 Å². The third kappa shape index (κ3) is 4.91. The van der Waals surface area contributed by atoms with Crippen molar-refractivity contribution in [2.45, 2.75) is 25.4 Å². The molecule has 0 saturated heterocycles. The molecular weight excluding hydrogens is 362 g/mol. The first-order valence-electron chi connectivity index (χ1n) is 9.76. The van der Waals surface area contributed by atoms with Crippen LogP contribution < -0.4 is 5.32 Å². The number of rotatable bonds is 8. The van der Waals surface area contributed by atoms with Gasteiger partial charge in [-0.15, -0.1) is 0 Å². The summed E-state index contributed by atoms with van der Waals surface area (Å²) in [5, 5.41) is 2.98. The van der Waals surface area contributed by atoms with Crippen LogP contribution in [0, 0.1) is 0 Å². The minimum atomic E-state index is -1.53. The highest BCUT2D eigenvalue weighted by Crippen LogP contribution is 2.34. The average Bonchev–Trinajstić information content (AvgIpc) is 2.76. The molecule has 3 aromatic carbocycles. The van der Waals surface area contributed by atoms with Gasteiger partial charge in [0, 0.05) is 24.6 Å². The van der Waals surface area contributed by atoms with E-state index in [1.165, 1.54) is 12.5 Å². The van der Waals surface area contributed by atoms with Crippen LogP contribution in [0.15, 0.2) is 91.0 Å². The van der Waals surface area contributed by atoms with E-state index in [4.69, 9.17) is 4.74 Å². The predicted octanol–water partition coefficient (Wildman–Crippen LogP) is 4.24. The van der Waals surface area contributed by atoms with E-state index in [2.05, 4.69) is 17.4 Å². The minimum Gasteiger partial charge on any atom is -0.439 e. The summed E-state index contributed by atoms with van der Waals surface area (Å²) >= 11 is 0. The molecule has 0 aromatic heterocycles. The van der Waals surface area contributed by atoms with Crippen molar-refractivity contribution in [3.8, 4) is 0 Å². The molecule has 0 aliphatic heterocycles. The van der Waals surface area contributed by atoms with Crippen molar-refractivity contribution >= 4 is 11.9 Å². The maximum absolute atomic E-state index is 13.4. The van der Waals surface area contributed by atoms with Gasteiger partial charge in [0.1, 0.15) is 0 Å². The first-order valence-corrected chi connectivity index (χ1v) is 9.76. The molecule has 148 valence electrons. The van der Waals surface area contributed by atoms with Crippen molar-refractivity contribution < 1.29 is 14.3 Å². The molecule has 1 amide bonds. The summed E-state index contributed by atoms with van der Waals surface area (Å²) in [5.41, 5.74) is 0.921. The summed E-state index contributed by atoms with van der Waals surface area (Å²) in [5.74, 6) is -0.865. The van der Waals surface area contributed by atoms with Crippen LogP contribution in [0.2, 0.25) is 0 Å². The Hall–Kier alpha value is -3.40. The number of nitrogens with one attached hydrogen (secondary N) is 1. The molecule has 0 atom stereocenters. The van der Waals surface area contributed by atoms with Crippen LogP contribution >= 0.6 is 0 Å². The van der Waals surface area contributed by atoms with Gasteiger partial charge in [-0.05, 0) is 18.4 Å². The second-order valence-electron chi connectivity index (χ2n) is 6.85. The molecule has 0 saturated carbocycles. The number of hydrogen-bond acceptors (Lipinski definition) is 3. The third-order valence-corrected chi connectivity index (χ3v) is 4.75. The Morgan fingerprint density at radius 3 is 1.76 bits per heavy atom. The highest BCUT2D eigenvalue weighted by molar-refractivity contribution is 5.92. The molecule has 0 radical (unpaired) electrons. The maximum Gasteiger partial charge on any atom is 0.304 e. The fraction of sp³-hybridized carbons (Fsp3) is 0.200. The van der Waals surface area contributed by atoms with Gasteiger partial charge < -0.3 is 10.1 Å². The SMILES string of the molecule is CC(=O)OC(C(=O)NCCCc1ccccc1)(c1ccccc1)c1ccccc1. The Balaban J connectivity index is 1.85. The van der Waals surface area contributed by atoms with E-state index in [1.807, 2.05) is 54.6 Å². The molecule has 0 aliphatic rings. The predicted molar refractivity (Wildman–Crippen MR) is 113 cm³/mol. The quantitative estimate of drug-likeness (QED) is 0.465. The molecule has 0 aliphatic carbocycles. The summed E-state index contributed by atoms with van der Waals surface area (Å²) in [6.45, 7) is 1.81. The lowest BCUT2D eigenvalue weighted by molar-refractivity contribution is -0.163. The summed E-state index contributed by atoms with van der Waals surface area (Å²) < 4.78 is 5.74. The Morgan fingerprint density at radius 2 is 1.28 bits per heavy atom. The first-order chi connectivity index (χ1) is 14.1. The third-order valence-electron chi connectivity index (χ3n) is 4.75. The zero-order valence-electron chi connectivity index (χ0n) is 16.5. The van der Waals surface area contributed by atoms with E-state index < -0.39 is 11.6 Å². The smallest absolute Gasteiger partial charge is 0.304 e. The van der Waals surface area contributed by atoms with E-state index in [1.54, 1.807) is 24.3 Å². The van der Waals surface area contributed by atoms with Crippen LogP contribution in [-0.2, 0) is 26.3 Å². The van der Waals surface area contributed by atoms with E-state index in [0.29, 0.717) is 17.7 Å². The fourth-order valence-corrected chi connectivity index (χ4v) is 3.42. The van der Waals surface area contributed by atoms with Crippen molar-refractivity contribution in [2.75, 3.05) is 6.54 Å². The topological polar surface area (TPSA) is 55.4 Å². The lowest BCUT2D eigenvalue weighted by atomic mass is 9.85. The lowest BCUT2D eigenvalue weighted by Gasteiger charge is -2.32. The molecule has 0 bridgehead atoms. The van der Waals surface area contributed by atoms with Crippen molar-refractivity contribution in [1.82, 2.24) is 5.32 Å². The number of hydrogen-bond donors (Lipinski definition) is 1. The Kier molecular flexibility index (Phi) is 6.80. The van der Waals surface area contributed by atoms with Gasteiger partial charge in [0.25, 0.3) is 5.91 Å². The standard InChI is InChI=1S/C25H25NO3/c1-20(27)29-25(22-15-7-3-8-16-22,23-17-9-4-10-18-23)24(28)26-19-11-14-21-12-5-2-6-13-21/h2-10,12-13,15-18H,11,14,19H2,1H3,(H,26,28). The van der Waals surface area contributed by atoms with Gasteiger partial charge in [-0.3, -0.25) is 9.59 Å². The van der Waals surface area contributed by atoms with E-state index in [9.17, 15) is 9.59 Å². The van der Waals surface area contributed by atoms with Gasteiger partial charge in [0.05, 0.1) is 0 Å². The summed E-state index contributed by atoms with van der Waals surface area (Å²) in [6, 6.07) is 28.4. The maximum atomic E-state index is 13.4. The van der Waals surface area contributed by atoms with Crippen molar-refractivity contribution in [3.63, 3.8) is 0 Å². The van der Waals surface area contributed by atoms with Gasteiger partial charge >= 0.3 is 5.97 Å². The Morgan fingerprint density at radius 1 is 0.793 bits per heavy atom. The number of esters is 1. The van der Waals surface area contributed by atoms with Crippen molar-refractivity contribution in [2.24, 2.45) is 0 Å². The van der Waals surface area contributed by atoms with Crippen LogP contribution in [0.5, 0.6) is 0 Å². The molecule has 1 N–H and O–H groups in total. The molecule has 4 nitrogen and oxygen atoms in total. The second-order valence-corrected chi connectivity index (χ2v) is 6.85. The van der Waals surface area contributed by atoms with Crippen LogP contribution in [0.3, 0.4) is 0 Å². The van der Waals surface area contributed by atoms with Gasteiger partial charge in [-0.25, -0.2) is 0 Å². The van der Waals surface area contributed by atoms with Gasteiger partial charge in [-0.1, -0.05) is 91.0 Å². The molecule has 29 heavy (non-hydrogen) atoms. The zero-order valence-corrected chi connectivity index (χ0v) is 16.5. The molecule has 0 spiro atoms. The molecule has 3 aromatic rings. The van der Waals surface area contributed by atoms with Crippen LogP contribution in [-0.4, -0.2) is 18.4 Å². The van der Waals surface area contributed by atoms with Gasteiger partial charge in [0.15, 0.2) is 0 Å². The highest BCUT2D eigenvalue weighted by Gasteiger charge is 2.45. The second kappa shape index (κ2) is 9.69. The molecule has 0 fully saturated rings. The molecule has 0 heterocycles. The van der Waals surface area contributed by atoms with Gasteiger partial charge in [0.2, 0.25) is 5.60 Å². The zero-order chi connectivity index (χ0) is 20.5. The summed E-state index contributed by atoms with van der Waals surface area (Å²) in [4.78, 5) is 25.4. The normalized spacial score (nSPS) is 10.9. The Bertz CT molecular complexity index is 885. The number of carbonyl (C=O) groups excluding carboxylic acids is 2. The number of benzene rings is 3.